The van der Waals surface area contributed by atoms with Gasteiger partial charge in [0, 0.05) is 13.6 Å². The lowest BCUT2D eigenvalue weighted by Gasteiger charge is -2.09. The minimum Gasteiger partial charge on any atom is -0.320 e. The first-order valence-electron chi connectivity index (χ1n) is 6.07. The summed E-state index contributed by atoms with van der Waals surface area (Å²) in [7, 11) is 1.93. The van der Waals surface area contributed by atoms with Crippen LogP contribution in [0.1, 0.15) is 25.5 Å². The minimum atomic E-state index is 0.559. The lowest BCUT2D eigenvalue weighted by molar-refractivity contribution is 0.456. The molecule has 18 heavy (non-hydrogen) atoms. The van der Waals surface area contributed by atoms with Gasteiger partial charge in [-0.05, 0) is 5.92 Å². The number of hydrogen-bond donors (Lipinski definition) is 1. The zero-order valence-electron chi connectivity index (χ0n) is 11.0. The number of rotatable bonds is 6. The van der Waals surface area contributed by atoms with E-state index in [9.17, 15) is 0 Å². The number of nitrogens with one attached hydrogen (secondary N) is 1. The molecule has 2 aromatic heterocycles. The third kappa shape index (κ3) is 3.13. The predicted molar refractivity (Wildman–Crippen MR) is 66.4 cm³/mol. The molecule has 0 saturated carbocycles. The molecule has 0 aliphatic heterocycles. The van der Waals surface area contributed by atoms with Crippen LogP contribution in [0.5, 0.6) is 0 Å². The predicted octanol–water partition coefficient (Wildman–Crippen LogP) is 0.352. The van der Waals surface area contributed by atoms with E-state index in [1.54, 1.807) is 12.7 Å². The molecule has 0 aliphatic carbocycles. The van der Waals surface area contributed by atoms with Crippen molar-refractivity contribution in [1.82, 2.24) is 34.8 Å². The van der Waals surface area contributed by atoms with Crippen LogP contribution in [0.4, 0.5) is 0 Å². The fraction of sp³-hybridized carbons (Fsp3) is 0.636. The third-order valence-corrected chi connectivity index (χ3v) is 2.61. The van der Waals surface area contributed by atoms with Crippen LogP contribution in [0.15, 0.2) is 12.7 Å². The Morgan fingerprint density at radius 2 is 2.06 bits per heavy atom. The Balaban J connectivity index is 1.87. The fourth-order valence-corrected chi connectivity index (χ4v) is 1.68. The largest absolute Gasteiger partial charge is 0.320 e. The summed E-state index contributed by atoms with van der Waals surface area (Å²) in [4.78, 5) is 4.26. The molecular weight excluding hydrogens is 230 g/mol. The van der Waals surface area contributed by atoms with Crippen LogP contribution in [-0.2, 0) is 26.7 Å². The highest BCUT2D eigenvalue weighted by Gasteiger charge is 2.06. The van der Waals surface area contributed by atoms with E-state index in [1.165, 1.54) is 0 Å². The summed E-state index contributed by atoms with van der Waals surface area (Å²) in [5.74, 6) is 2.42. The average molecular weight is 249 g/mol. The van der Waals surface area contributed by atoms with Crippen LogP contribution in [0.2, 0.25) is 0 Å². The molecular formula is C11H19N7. The summed E-state index contributed by atoms with van der Waals surface area (Å²) < 4.78 is 3.83. The van der Waals surface area contributed by atoms with Crippen molar-refractivity contribution in [3.63, 3.8) is 0 Å². The van der Waals surface area contributed by atoms with Crippen molar-refractivity contribution in [2.24, 2.45) is 13.0 Å². The smallest absolute Gasteiger partial charge is 0.146 e. The van der Waals surface area contributed by atoms with E-state index < -0.39 is 0 Å². The maximum absolute atomic E-state index is 4.26. The maximum atomic E-state index is 4.26. The molecule has 2 aromatic rings. The Kier molecular flexibility index (Phi) is 4.03. The molecule has 1 N–H and O–H groups in total. The lowest BCUT2D eigenvalue weighted by Crippen LogP contribution is -2.20. The molecule has 7 heteroatoms. The second kappa shape index (κ2) is 5.72. The molecule has 2 rings (SSSR count). The molecule has 0 atom stereocenters. The molecule has 7 nitrogen and oxygen atoms in total. The van der Waals surface area contributed by atoms with Crippen molar-refractivity contribution in [2.75, 3.05) is 0 Å². The molecule has 0 unspecified atom stereocenters. The number of aromatic nitrogens is 6. The van der Waals surface area contributed by atoms with Gasteiger partial charge in [-0.1, -0.05) is 13.8 Å². The highest BCUT2D eigenvalue weighted by Crippen LogP contribution is 2.01. The Morgan fingerprint density at radius 1 is 1.28 bits per heavy atom. The van der Waals surface area contributed by atoms with E-state index in [0.717, 1.165) is 18.2 Å². The van der Waals surface area contributed by atoms with Gasteiger partial charge in [0.2, 0.25) is 0 Å². The van der Waals surface area contributed by atoms with Gasteiger partial charge >= 0.3 is 0 Å². The van der Waals surface area contributed by atoms with Crippen LogP contribution in [0.3, 0.4) is 0 Å². The van der Waals surface area contributed by atoms with E-state index in [2.05, 4.69) is 39.4 Å². The van der Waals surface area contributed by atoms with Crippen LogP contribution in [-0.4, -0.2) is 29.5 Å². The summed E-state index contributed by atoms with van der Waals surface area (Å²) in [5.41, 5.74) is 0. The molecule has 0 saturated heterocycles. The monoisotopic (exact) mass is 249 g/mol. The Bertz CT molecular complexity index is 485. The third-order valence-electron chi connectivity index (χ3n) is 2.61. The van der Waals surface area contributed by atoms with Gasteiger partial charge in [-0.3, -0.25) is 0 Å². The molecule has 98 valence electrons. The quantitative estimate of drug-likeness (QED) is 0.799. The van der Waals surface area contributed by atoms with E-state index in [1.807, 2.05) is 16.3 Å². The number of aryl methyl sites for hydroxylation is 1. The highest BCUT2D eigenvalue weighted by molar-refractivity contribution is 4.87. The van der Waals surface area contributed by atoms with Gasteiger partial charge in [-0.25, -0.2) is 9.67 Å². The summed E-state index contributed by atoms with van der Waals surface area (Å²) >= 11 is 0. The summed E-state index contributed by atoms with van der Waals surface area (Å²) in [6.07, 6.45) is 3.29. The van der Waals surface area contributed by atoms with Crippen molar-refractivity contribution in [1.29, 1.82) is 0 Å². The second-order valence-electron chi connectivity index (χ2n) is 4.71. The summed E-state index contributed by atoms with van der Waals surface area (Å²) in [5, 5.41) is 15.4. The van der Waals surface area contributed by atoms with Crippen molar-refractivity contribution in [3.05, 3.63) is 24.3 Å². The van der Waals surface area contributed by atoms with E-state index in [4.69, 9.17) is 0 Å². The van der Waals surface area contributed by atoms with E-state index in [0.29, 0.717) is 19.0 Å². The molecule has 0 aromatic carbocycles. The van der Waals surface area contributed by atoms with Crippen LogP contribution in [0.25, 0.3) is 0 Å². The van der Waals surface area contributed by atoms with E-state index >= 15 is 0 Å². The average Bonchev–Trinajstić information content (AvgIpc) is 2.89. The fourth-order valence-electron chi connectivity index (χ4n) is 1.68. The molecule has 0 bridgehead atoms. The summed E-state index contributed by atoms with van der Waals surface area (Å²) in [6, 6.07) is 0. The molecule has 0 amide bonds. The van der Waals surface area contributed by atoms with Gasteiger partial charge in [0.25, 0.3) is 0 Å². The van der Waals surface area contributed by atoms with Gasteiger partial charge in [0.05, 0.1) is 13.1 Å². The molecule has 0 radical (unpaired) electrons. The number of hydrogen-bond acceptors (Lipinski definition) is 5. The van der Waals surface area contributed by atoms with Gasteiger partial charge < -0.3 is 9.88 Å². The van der Waals surface area contributed by atoms with Gasteiger partial charge in [0.1, 0.15) is 24.3 Å². The molecule has 2 heterocycles. The van der Waals surface area contributed by atoms with E-state index in [-0.39, 0.29) is 0 Å². The Labute approximate surface area is 106 Å². The van der Waals surface area contributed by atoms with Crippen molar-refractivity contribution < 1.29 is 0 Å². The zero-order valence-corrected chi connectivity index (χ0v) is 11.0. The molecule has 0 fully saturated rings. The maximum Gasteiger partial charge on any atom is 0.146 e. The molecule has 0 spiro atoms. The van der Waals surface area contributed by atoms with Crippen LogP contribution >= 0.6 is 0 Å². The van der Waals surface area contributed by atoms with Crippen LogP contribution < -0.4 is 5.32 Å². The Hall–Kier alpha value is -1.76. The lowest BCUT2D eigenvalue weighted by atomic mass is 10.2. The van der Waals surface area contributed by atoms with Crippen molar-refractivity contribution >= 4 is 0 Å². The topological polar surface area (TPSA) is 73.5 Å². The second-order valence-corrected chi connectivity index (χ2v) is 4.71. The number of nitrogens with zero attached hydrogens (tertiary/aromatic N) is 6. The minimum absolute atomic E-state index is 0.559. The zero-order chi connectivity index (χ0) is 13.0. The Morgan fingerprint density at radius 3 is 2.72 bits per heavy atom. The van der Waals surface area contributed by atoms with Gasteiger partial charge in [-0.15, -0.1) is 10.2 Å². The van der Waals surface area contributed by atoms with Crippen LogP contribution in [0, 0.1) is 5.92 Å². The normalized spacial score (nSPS) is 11.3. The molecule has 0 aliphatic rings. The van der Waals surface area contributed by atoms with Gasteiger partial charge in [-0.2, -0.15) is 5.10 Å². The first kappa shape index (κ1) is 12.7. The van der Waals surface area contributed by atoms with Crippen molar-refractivity contribution in [3.8, 4) is 0 Å². The van der Waals surface area contributed by atoms with Gasteiger partial charge in [0.15, 0.2) is 0 Å². The summed E-state index contributed by atoms with van der Waals surface area (Å²) in [6.45, 7) is 6.57. The first-order valence-corrected chi connectivity index (χ1v) is 6.07. The highest BCUT2D eigenvalue weighted by atomic mass is 15.3. The first-order chi connectivity index (χ1) is 8.66. The SMILES string of the molecule is CC(C)Cn1ncnc1CNCc1nncn1C. The standard InChI is InChI=1S/C11H19N7/c1-9(2)6-18-10(13-7-15-18)4-12-5-11-16-14-8-17(11)3/h7-9,12H,4-6H2,1-3H3. The van der Waals surface area contributed by atoms with Crippen molar-refractivity contribution in [2.45, 2.75) is 33.5 Å².